The molecule has 0 aliphatic carbocycles. The Morgan fingerprint density at radius 1 is 1.10 bits per heavy atom. The third-order valence-corrected chi connectivity index (χ3v) is 4.18. The number of rotatable bonds is 4. The molecule has 2 N–H and O–H groups in total. The third-order valence-electron chi connectivity index (χ3n) is 3.10. The van der Waals surface area contributed by atoms with Crippen LogP contribution in [-0.2, 0) is 13.0 Å². The Morgan fingerprint density at radius 3 is 2.57 bits per heavy atom. The molecule has 2 heterocycles. The van der Waals surface area contributed by atoms with Crippen LogP contribution in [0.1, 0.15) is 15.6 Å². The van der Waals surface area contributed by atoms with Crippen LogP contribution in [0.25, 0.3) is 11.3 Å². The number of hydrogen-bond acceptors (Lipinski definition) is 4. The summed E-state index contributed by atoms with van der Waals surface area (Å²) in [5.41, 5.74) is 8.45. The number of nitrogens with zero attached hydrogens (tertiary/aromatic N) is 2. The molecule has 106 valence electrons. The van der Waals surface area contributed by atoms with E-state index in [4.69, 9.17) is 5.73 Å². The van der Waals surface area contributed by atoms with Gasteiger partial charge in [-0.2, -0.15) is 0 Å². The molecule has 0 unspecified atom stereocenters. The van der Waals surface area contributed by atoms with E-state index in [0.717, 1.165) is 26.8 Å². The maximum atomic E-state index is 13.1. The fraction of sp³-hybridized carbons (Fsp3) is 0.125. The van der Waals surface area contributed by atoms with Crippen molar-refractivity contribution in [2.75, 3.05) is 0 Å². The molecule has 0 spiro atoms. The van der Waals surface area contributed by atoms with Gasteiger partial charge in [-0.25, -0.2) is 9.37 Å². The summed E-state index contributed by atoms with van der Waals surface area (Å²) in [4.78, 5) is 10.0. The molecule has 2 aromatic heterocycles. The second kappa shape index (κ2) is 6.11. The van der Waals surface area contributed by atoms with Crippen molar-refractivity contribution in [3.63, 3.8) is 0 Å². The second-order valence-corrected chi connectivity index (χ2v) is 5.76. The zero-order valence-corrected chi connectivity index (χ0v) is 12.1. The third kappa shape index (κ3) is 3.15. The minimum absolute atomic E-state index is 0.251. The predicted molar refractivity (Wildman–Crippen MR) is 82.4 cm³/mol. The minimum atomic E-state index is -0.251. The molecule has 3 rings (SSSR count). The number of pyridine rings is 1. The van der Waals surface area contributed by atoms with E-state index in [1.807, 2.05) is 18.2 Å². The minimum Gasteiger partial charge on any atom is -0.325 e. The fourth-order valence-electron chi connectivity index (χ4n) is 2.11. The van der Waals surface area contributed by atoms with Crippen LogP contribution >= 0.6 is 11.3 Å². The first-order chi connectivity index (χ1) is 10.3. The monoisotopic (exact) mass is 299 g/mol. The van der Waals surface area contributed by atoms with Crippen molar-refractivity contribution in [1.82, 2.24) is 9.97 Å². The Labute approximate surface area is 126 Å². The first kappa shape index (κ1) is 13.9. The number of nitrogens with two attached hydrogens (primary N) is 1. The Morgan fingerprint density at radius 2 is 1.90 bits per heavy atom. The first-order valence-electron chi connectivity index (χ1n) is 6.61. The molecule has 0 saturated carbocycles. The first-order valence-corrected chi connectivity index (χ1v) is 7.42. The van der Waals surface area contributed by atoms with Crippen LogP contribution in [0.15, 0.2) is 48.7 Å². The van der Waals surface area contributed by atoms with E-state index in [9.17, 15) is 4.39 Å². The van der Waals surface area contributed by atoms with E-state index >= 15 is 0 Å². The molecule has 0 saturated heterocycles. The smallest absolute Gasteiger partial charge is 0.123 e. The van der Waals surface area contributed by atoms with Gasteiger partial charge in [0.25, 0.3) is 0 Å². The molecular formula is C16H14FN3S. The van der Waals surface area contributed by atoms with E-state index in [1.165, 1.54) is 12.1 Å². The lowest BCUT2D eigenvalue weighted by atomic mass is 10.1. The summed E-state index contributed by atoms with van der Waals surface area (Å²) in [6.07, 6.45) is 2.48. The number of benzene rings is 1. The molecule has 0 amide bonds. The average Bonchev–Trinajstić information content (AvgIpc) is 2.92. The molecule has 0 fully saturated rings. The standard InChI is InChI=1S/C16H14FN3S/c17-12-6-4-11(5-7-12)16-14(21-15(10-18)20-16)9-13-3-1-2-8-19-13/h1-8H,9-10,18H2. The molecule has 3 nitrogen and oxygen atoms in total. The summed E-state index contributed by atoms with van der Waals surface area (Å²) in [6, 6.07) is 12.2. The largest absolute Gasteiger partial charge is 0.325 e. The van der Waals surface area contributed by atoms with Crippen molar-refractivity contribution in [3.05, 3.63) is 70.1 Å². The molecule has 21 heavy (non-hydrogen) atoms. The van der Waals surface area contributed by atoms with Crippen molar-refractivity contribution in [2.24, 2.45) is 5.73 Å². The maximum absolute atomic E-state index is 13.1. The topological polar surface area (TPSA) is 51.8 Å². The highest BCUT2D eigenvalue weighted by Gasteiger charge is 2.13. The summed E-state index contributed by atoms with van der Waals surface area (Å²) >= 11 is 1.58. The summed E-state index contributed by atoms with van der Waals surface area (Å²) in [5, 5.41) is 0.875. The van der Waals surface area contributed by atoms with E-state index in [0.29, 0.717) is 13.0 Å². The zero-order chi connectivity index (χ0) is 14.7. The van der Waals surface area contributed by atoms with E-state index in [2.05, 4.69) is 9.97 Å². The van der Waals surface area contributed by atoms with Gasteiger partial charge < -0.3 is 5.73 Å². The van der Waals surface area contributed by atoms with E-state index < -0.39 is 0 Å². The summed E-state index contributed by atoms with van der Waals surface area (Å²) < 4.78 is 13.1. The number of halogens is 1. The average molecular weight is 299 g/mol. The van der Waals surface area contributed by atoms with Crippen LogP contribution in [0.3, 0.4) is 0 Å². The van der Waals surface area contributed by atoms with Crippen LogP contribution < -0.4 is 5.73 Å². The van der Waals surface area contributed by atoms with Crippen LogP contribution in [-0.4, -0.2) is 9.97 Å². The van der Waals surface area contributed by atoms with Gasteiger partial charge in [0.1, 0.15) is 10.8 Å². The van der Waals surface area contributed by atoms with Gasteiger partial charge in [-0.05, 0) is 36.4 Å². The molecule has 3 aromatic rings. The quantitative estimate of drug-likeness (QED) is 0.803. The van der Waals surface area contributed by atoms with Gasteiger partial charge in [0, 0.05) is 35.3 Å². The van der Waals surface area contributed by atoms with Gasteiger partial charge in [-0.3, -0.25) is 4.98 Å². The summed E-state index contributed by atoms with van der Waals surface area (Å²) in [7, 11) is 0. The normalized spacial score (nSPS) is 10.8. The SMILES string of the molecule is NCc1nc(-c2ccc(F)cc2)c(Cc2ccccn2)s1. The van der Waals surface area contributed by atoms with Gasteiger partial charge in [0.2, 0.25) is 0 Å². The number of hydrogen-bond donors (Lipinski definition) is 1. The lowest BCUT2D eigenvalue weighted by molar-refractivity contribution is 0.628. The van der Waals surface area contributed by atoms with Crippen LogP contribution in [0.5, 0.6) is 0 Å². The van der Waals surface area contributed by atoms with Gasteiger partial charge >= 0.3 is 0 Å². The van der Waals surface area contributed by atoms with Crippen LogP contribution in [0, 0.1) is 5.82 Å². The molecule has 0 aliphatic heterocycles. The predicted octanol–water partition coefficient (Wildman–Crippen LogP) is 3.39. The number of aromatic nitrogens is 2. The van der Waals surface area contributed by atoms with Crippen LogP contribution in [0.2, 0.25) is 0 Å². The Hall–Kier alpha value is -2.11. The van der Waals surface area contributed by atoms with E-state index in [1.54, 1.807) is 29.7 Å². The number of thiazole rings is 1. The molecule has 1 aromatic carbocycles. The lowest BCUT2D eigenvalue weighted by Gasteiger charge is -2.02. The summed E-state index contributed by atoms with van der Waals surface area (Å²) in [5.74, 6) is -0.251. The highest BCUT2D eigenvalue weighted by molar-refractivity contribution is 7.12. The zero-order valence-electron chi connectivity index (χ0n) is 11.3. The maximum Gasteiger partial charge on any atom is 0.123 e. The van der Waals surface area contributed by atoms with Crippen molar-refractivity contribution < 1.29 is 4.39 Å². The molecule has 5 heteroatoms. The van der Waals surface area contributed by atoms with Gasteiger partial charge in [0.15, 0.2) is 0 Å². The van der Waals surface area contributed by atoms with Crippen LogP contribution in [0.4, 0.5) is 4.39 Å². The van der Waals surface area contributed by atoms with Crippen molar-refractivity contribution >= 4 is 11.3 Å². The molecule has 0 atom stereocenters. The fourth-order valence-corrected chi connectivity index (χ4v) is 3.09. The van der Waals surface area contributed by atoms with Gasteiger partial charge in [-0.15, -0.1) is 11.3 Å². The second-order valence-electron chi connectivity index (χ2n) is 4.59. The van der Waals surface area contributed by atoms with Crippen molar-refractivity contribution in [1.29, 1.82) is 0 Å². The molecule has 0 aliphatic rings. The molecule has 0 radical (unpaired) electrons. The Bertz CT molecular complexity index is 723. The van der Waals surface area contributed by atoms with Gasteiger partial charge in [-0.1, -0.05) is 6.07 Å². The van der Waals surface area contributed by atoms with E-state index in [-0.39, 0.29) is 5.82 Å². The lowest BCUT2D eigenvalue weighted by Crippen LogP contribution is -1.94. The van der Waals surface area contributed by atoms with Gasteiger partial charge in [0.05, 0.1) is 5.69 Å². The Kier molecular flexibility index (Phi) is 4.03. The molecule has 0 bridgehead atoms. The molecular weight excluding hydrogens is 285 g/mol. The highest BCUT2D eigenvalue weighted by atomic mass is 32.1. The van der Waals surface area contributed by atoms with Crippen molar-refractivity contribution in [2.45, 2.75) is 13.0 Å². The highest BCUT2D eigenvalue weighted by Crippen LogP contribution is 2.30. The Balaban J connectivity index is 1.99. The summed E-state index contributed by atoms with van der Waals surface area (Å²) in [6.45, 7) is 0.404. The van der Waals surface area contributed by atoms with Crippen molar-refractivity contribution in [3.8, 4) is 11.3 Å².